The summed E-state index contributed by atoms with van der Waals surface area (Å²) in [6.45, 7) is 2.05. The van der Waals surface area contributed by atoms with E-state index in [1.165, 1.54) is 14.2 Å². The molecule has 0 bridgehead atoms. The van der Waals surface area contributed by atoms with Crippen molar-refractivity contribution in [3.8, 4) is 17.2 Å². The predicted octanol–water partition coefficient (Wildman–Crippen LogP) is 3.14. The normalized spacial score (nSPS) is 10.0. The molecule has 0 radical (unpaired) electrons. The van der Waals surface area contributed by atoms with Gasteiger partial charge in [-0.15, -0.1) is 0 Å². The van der Waals surface area contributed by atoms with Crippen LogP contribution in [0.3, 0.4) is 0 Å². The highest BCUT2D eigenvalue weighted by molar-refractivity contribution is 6.01. The van der Waals surface area contributed by atoms with Crippen molar-refractivity contribution < 1.29 is 28.5 Å². The largest absolute Gasteiger partial charge is 0.496 e. The third-order valence-corrected chi connectivity index (χ3v) is 3.45. The van der Waals surface area contributed by atoms with Crippen LogP contribution in [0.1, 0.15) is 27.6 Å². The summed E-state index contributed by atoms with van der Waals surface area (Å²) in [5.74, 6) is 0.310. The van der Waals surface area contributed by atoms with Gasteiger partial charge in [-0.05, 0) is 43.3 Å². The zero-order chi connectivity index (χ0) is 18.2. The number of ketones is 1. The number of carbonyl (C=O) groups is 2. The molecular weight excluding hydrogens is 324 g/mol. The Bertz CT molecular complexity index is 714. The van der Waals surface area contributed by atoms with E-state index in [4.69, 9.17) is 18.9 Å². The fourth-order valence-electron chi connectivity index (χ4n) is 2.24. The van der Waals surface area contributed by atoms with Crippen molar-refractivity contribution in [3.63, 3.8) is 0 Å². The molecule has 0 amide bonds. The van der Waals surface area contributed by atoms with Gasteiger partial charge in [-0.2, -0.15) is 0 Å². The maximum atomic E-state index is 12.3. The van der Waals surface area contributed by atoms with E-state index >= 15 is 0 Å². The van der Waals surface area contributed by atoms with E-state index in [9.17, 15) is 9.59 Å². The number of esters is 1. The monoisotopic (exact) mass is 344 g/mol. The van der Waals surface area contributed by atoms with Gasteiger partial charge in [0.15, 0.2) is 12.4 Å². The van der Waals surface area contributed by atoms with E-state index in [0.717, 1.165) is 0 Å². The molecule has 6 heteroatoms. The molecule has 0 aliphatic heterocycles. The van der Waals surface area contributed by atoms with Crippen LogP contribution in [0.4, 0.5) is 0 Å². The van der Waals surface area contributed by atoms with Gasteiger partial charge in [-0.3, -0.25) is 4.79 Å². The zero-order valence-electron chi connectivity index (χ0n) is 14.4. The van der Waals surface area contributed by atoms with Crippen LogP contribution < -0.4 is 14.2 Å². The van der Waals surface area contributed by atoms with E-state index in [-0.39, 0.29) is 18.0 Å². The Morgan fingerprint density at radius 2 is 1.52 bits per heavy atom. The Morgan fingerprint density at radius 1 is 0.920 bits per heavy atom. The highest BCUT2D eigenvalue weighted by Gasteiger charge is 2.21. The first kappa shape index (κ1) is 18.3. The minimum atomic E-state index is -0.686. The molecule has 0 heterocycles. The summed E-state index contributed by atoms with van der Waals surface area (Å²) in [6.07, 6.45) is 0. The Hall–Kier alpha value is -3.02. The van der Waals surface area contributed by atoms with Crippen molar-refractivity contribution in [2.75, 3.05) is 27.4 Å². The molecule has 0 unspecified atom stereocenters. The molecule has 0 fully saturated rings. The van der Waals surface area contributed by atoms with Gasteiger partial charge in [0.2, 0.25) is 0 Å². The number of Topliss-reactive ketones (excluding diaryl/α,β-unsaturated/α-hetero) is 1. The van der Waals surface area contributed by atoms with Crippen LogP contribution in [-0.2, 0) is 4.74 Å². The van der Waals surface area contributed by atoms with Gasteiger partial charge in [0.25, 0.3) is 0 Å². The van der Waals surface area contributed by atoms with Gasteiger partial charge in [0.05, 0.1) is 20.8 Å². The molecule has 0 aliphatic carbocycles. The molecular formula is C19H20O6. The summed E-state index contributed by atoms with van der Waals surface area (Å²) in [7, 11) is 2.88. The summed E-state index contributed by atoms with van der Waals surface area (Å²) >= 11 is 0. The van der Waals surface area contributed by atoms with E-state index in [2.05, 4.69) is 0 Å². The Kier molecular flexibility index (Phi) is 6.39. The SMILES string of the molecule is CCOc1ccc(C(=O)COC(=O)c2c(OC)cccc2OC)cc1. The summed E-state index contributed by atoms with van der Waals surface area (Å²) in [4.78, 5) is 24.5. The molecule has 2 aromatic rings. The van der Waals surface area contributed by atoms with Gasteiger partial charge in [-0.25, -0.2) is 4.79 Å². The highest BCUT2D eigenvalue weighted by Crippen LogP contribution is 2.28. The summed E-state index contributed by atoms with van der Waals surface area (Å²) in [5.41, 5.74) is 0.579. The third-order valence-electron chi connectivity index (χ3n) is 3.45. The second kappa shape index (κ2) is 8.73. The molecule has 132 valence electrons. The quantitative estimate of drug-likeness (QED) is 0.541. The first-order valence-corrected chi connectivity index (χ1v) is 7.74. The minimum absolute atomic E-state index is 0.145. The lowest BCUT2D eigenvalue weighted by atomic mass is 10.1. The lowest BCUT2D eigenvalue weighted by molar-refractivity contribution is 0.0468. The molecule has 0 aromatic heterocycles. The smallest absolute Gasteiger partial charge is 0.346 e. The number of carbonyl (C=O) groups excluding carboxylic acids is 2. The van der Waals surface area contributed by atoms with E-state index in [1.807, 2.05) is 6.92 Å². The molecule has 0 N–H and O–H groups in total. The predicted molar refractivity (Wildman–Crippen MR) is 91.8 cm³/mol. The van der Waals surface area contributed by atoms with Crippen LogP contribution in [0.25, 0.3) is 0 Å². The maximum absolute atomic E-state index is 12.3. The number of rotatable bonds is 8. The third kappa shape index (κ3) is 4.50. The molecule has 25 heavy (non-hydrogen) atoms. The van der Waals surface area contributed by atoms with Crippen molar-refractivity contribution in [2.24, 2.45) is 0 Å². The molecule has 2 rings (SSSR count). The van der Waals surface area contributed by atoms with Crippen molar-refractivity contribution in [1.82, 2.24) is 0 Å². The molecule has 6 nitrogen and oxygen atoms in total. The summed E-state index contributed by atoms with van der Waals surface area (Å²) in [6, 6.07) is 11.6. The summed E-state index contributed by atoms with van der Waals surface area (Å²) in [5, 5.41) is 0. The maximum Gasteiger partial charge on any atom is 0.346 e. The fourth-order valence-corrected chi connectivity index (χ4v) is 2.24. The summed E-state index contributed by atoms with van der Waals surface area (Å²) < 4.78 is 20.8. The number of hydrogen-bond acceptors (Lipinski definition) is 6. The van der Waals surface area contributed by atoms with Gasteiger partial charge in [0.1, 0.15) is 22.8 Å². The van der Waals surface area contributed by atoms with Crippen LogP contribution in [0.15, 0.2) is 42.5 Å². The van der Waals surface area contributed by atoms with Crippen molar-refractivity contribution >= 4 is 11.8 Å². The van der Waals surface area contributed by atoms with E-state index in [1.54, 1.807) is 42.5 Å². The molecule has 0 atom stereocenters. The van der Waals surface area contributed by atoms with Gasteiger partial charge in [0, 0.05) is 5.56 Å². The Labute approximate surface area is 146 Å². The van der Waals surface area contributed by atoms with Crippen LogP contribution in [0.5, 0.6) is 17.2 Å². The molecule has 0 saturated heterocycles. The molecule has 2 aromatic carbocycles. The van der Waals surface area contributed by atoms with Crippen LogP contribution in [-0.4, -0.2) is 39.2 Å². The molecule has 0 saturated carbocycles. The lowest BCUT2D eigenvalue weighted by Gasteiger charge is -2.12. The molecule has 0 aliphatic rings. The second-order valence-corrected chi connectivity index (χ2v) is 4.99. The van der Waals surface area contributed by atoms with E-state index in [0.29, 0.717) is 29.4 Å². The average molecular weight is 344 g/mol. The highest BCUT2D eigenvalue weighted by atomic mass is 16.5. The van der Waals surface area contributed by atoms with Crippen LogP contribution in [0, 0.1) is 0 Å². The first-order chi connectivity index (χ1) is 12.1. The topological polar surface area (TPSA) is 71.1 Å². The second-order valence-electron chi connectivity index (χ2n) is 4.99. The standard InChI is InChI=1S/C19H20O6/c1-4-24-14-10-8-13(9-11-14)15(20)12-25-19(21)18-16(22-2)6-5-7-17(18)23-3/h5-11H,4,12H2,1-3H3. The van der Waals surface area contributed by atoms with Crippen LogP contribution >= 0.6 is 0 Å². The molecule has 0 spiro atoms. The average Bonchev–Trinajstić information content (AvgIpc) is 2.65. The zero-order valence-corrected chi connectivity index (χ0v) is 14.4. The number of ether oxygens (including phenoxy) is 4. The van der Waals surface area contributed by atoms with Gasteiger partial charge >= 0.3 is 5.97 Å². The number of benzene rings is 2. The Morgan fingerprint density at radius 3 is 2.04 bits per heavy atom. The van der Waals surface area contributed by atoms with Crippen LogP contribution in [0.2, 0.25) is 0 Å². The number of methoxy groups -OCH3 is 2. The van der Waals surface area contributed by atoms with Crippen molar-refractivity contribution in [1.29, 1.82) is 0 Å². The number of hydrogen-bond donors (Lipinski definition) is 0. The van der Waals surface area contributed by atoms with Crippen molar-refractivity contribution in [3.05, 3.63) is 53.6 Å². The first-order valence-electron chi connectivity index (χ1n) is 7.74. The van der Waals surface area contributed by atoms with Gasteiger partial charge in [-0.1, -0.05) is 6.07 Å². The van der Waals surface area contributed by atoms with Crippen molar-refractivity contribution in [2.45, 2.75) is 6.92 Å². The minimum Gasteiger partial charge on any atom is -0.496 e. The fraction of sp³-hybridized carbons (Fsp3) is 0.263. The van der Waals surface area contributed by atoms with E-state index < -0.39 is 5.97 Å². The van der Waals surface area contributed by atoms with Gasteiger partial charge < -0.3 is 18.9 Å². The lowest BCUT2D eigenvalue weighted by Crippen LogP contribution is -2.15. The Balaban J connectivity index is 2.06.